The van der Waals surface area contributed by atoms with Crippen molar-refractivity contribution in [1.29, 1.82) is 0 Å². The zero-order valence-electron chi connectivity index (χ0n) is 19.8. The summed E-state index contributed by atoms with van der Waals surface area (Å²) in [6, 6.07) is 0. The van der Waals surface area contributed by atoms with Crippen LogP contribution in [0.15, 0.2) is 36.5 Å². The smallest absolute Gasteiger partial charge is 0.304 e. The van der Waals surface area contributed by atoms with Crippen LogP contribution in [0.5, 0.6) is 0 Å². The highest BCUT2D eigenvalue weighted by atomic mass is 16.8. The number of hydrogen-bond donors (Lipinski definition) is 1. The standard InChI is InChI=1S/C25H36O7/c1-8-14(2)9-10-24(6)15(3)11-21(28)25-19(12-18(13-20(24)25)30-16(4)26)22(29-7)32-23(25)31-17(5)27/h8,12,15,18,20-23,28H,1-2,9-11,13H2,3-7H3. The lowest BCUT2D eigenvalue weighted by atomic mass is 9.45. The van der Waals surface area contributed by atoms with Crippen LogP contribution in [0, 0.1) is 22.7 Å². The molecule has 2 aliphatic carbocycles. The predicted molar refractivity (Wildman–Crippen MR) is 118 cm³/mol. The molecule has 7 nitrogen and oxygen atoms in total. The van der Waals surface area contributed by atoms with Gasteiger partial charge < -0.3 is 24.1 Å². The summed E-state index contributed by atoms with van der Waals surface area (Å²) in [7, 11) is 1.50. The fraction of sp³-hybridized carbons (Fsp3) is 0.680. The number of carbonyl (C=O) groups excluding carboxylic acids is 2. The first-order valence-corrected chi connectivity index (χ1v) is 11.2. The maximum absolute atomic E-state index is 12.0. The normalized spacial score (nSPS) is 40.5. The molecule has 0 amide bonds. The summed E-state index contributed by atoms with van der Waals surface area (Å²) in [5.41, 5.74) is 0.352. The maximum atomic E-state index is 12.0. The molecular formula is C25H36O7. The molecule has 2 fully saturated rings. The van der Waals surface area contributed by atoms with Crippen LogP contribution in [0.3, 0.4) is 0 Å². The highest BCUT2D eigenvalue weighted by molar-refractivity contribution is 5.67. The summed E-state index contributed by atoms with van der Waals surface area (Å²) in [6.07, 6.45) is 3.01. The molecule has 8 unspecified atom stereocenters. The highest BCUT2D eigenvalue weighted by Gasteiger charge is 2.70. The second-order valence-electron chi connectivity index (χ2n) is 9.66. The molecule has 32 heavy (non-hydrogen) atoms. The number of allylic oxidation sites excluding steroid dienone is 2. The van der Waals surface area contributed by atoms with Crippen LogP contribution < -0.4 is 0 Å². The Morgan fingerprint density at radius 1 is 1.28 bits per heavy atom. The van der Waals surface area contributed by atoms with Gasteiger partial charge in [0.25, 0.3) is 0 Å². The van der Waals surface area contributed by atoms with Crippen molar-refractivity contribution in [3.05, 3.63) is 36.5 Å². The van der Waals surface area contributed by atoms with Crippen LogP contribution in [0.25, 0.3) is 0 Å². The fourth-order valence-electron chi connectivity index (χ4n) is 6.17. The van der Waals surface area contributed by atoms with Gasteiger partial charge in [-0.1, -0.05) is 38.7 Å². The first-order chi connectivity index (χ1) is 15.0. The molecule has 1 N–H and O–H groups in total. The quantitative estimate of drug-likeness (QED) is 0.361. The molecule has 3 aliphatic rings. The molecule has 7 heteroatoms. The van der Waals surface area contributed by atoms with Crippen molar-refractivity contribution in [3.8, 4) is 0 Å². The van der Waals surface area contributed by atoms with Gasteiger partial charge >= 0.3 is 11.9 Å². The summed E-state index contributed by atoms with van der Waals surface area (Å²) in [6.45, 7) is 14.9. The Bertz CT molecular complexity index is 817. The molecule has 8 atom stereocenters. The second-order valence-corrected chi connectivity index (χ2v) is 9.66. The Kier molecular flexibility index (Phi) is 7.03. The Labute approximate surface area is 190 Å². The Hall–Kier alpha value is -1.96. The lowest BCUT2D eigenvalue weighted by Gasteiger charge is -2.60. The highest BCUT2D eigenvalue weighted by Crippen LogP contribution is 2.67. The van der Waals surface area contributed by atoms with Gasteiger partial charge in [0.15, 0.2) is 6.29 Å². The average Bonchev–Trinajstić information content (AvgIpc) is 3.03. The van der Waals surface area contributed by atoms with Crippen LogP contribution in [0.1, 0.15) is 53.4 Å². The van der Waals surface area contributed by atoms with Crippen molar-refractivity contribution >= 4 is 11.9 Å². The molecule has 1 saturated heterocycles. The fourth-order valence-corrected chi connectivity index (χ4v) is 6.17. The van der Waals surface area contributed by atoms with Gasteiger partial charge in [-0.2, -0.15) is 0 Å². The average molecular weight is 449 g/mol. The topological polar surface area (TPSA) is 91.3 Å². The van der Waals surface area contributed by atoms with Crippen LogP contribution in [-0.4, -0.2) is 48.9 Å². The minimum absolute atomic E-state index is 0.155. The molecule has 0 bridgehead atoms. The molecule has 1 aliphatic heterocycles. The summed E-state index contributed by atoms with van der Waals surface area (Å²) < 4.78 is 22.9. The van der Waals surface area contributed by atoms with Crippen molar-refractivity contribution in [2.24, 2.45) is 22.7 Å². The van der Waals surface area contributed by atoms with E-state index in [-0.39, 0.29) is 23.2 Å². The number of rotatable bonds is 7. The van der Waals surface area contributed by atoms with E-state index in [1.54, 1.807) is 6.08 Å². The zero-order valence-corrected chi connectivity index (χ0v) is 19.8. The number of methoxy groups -OCH3 is 1. The first-order valence-electron chi connectivity index (χ1n) is 11.2. The van der Waals surface area contributed by atoms with Crippen molar-refractivity contribution in [3.63, 3.8) is 0 Å². The summed E-state index contributed by atoms with van der Waals surface area (Å²) in [5, 5.41) is 11.5. The number of aliphatic hydroxyl groups excluding tert-OH is 1. The van der Waals surface area contributed by atoms with Gasteiger partial charge in [-0.15, -0.1) is 0 Å². The number of ether oxygens (including phenoxy) is 4. The van der Waals surface area contributed by atoms with E-state index in [1.807, 2.05) is 6.08 Å². The Morgan fingerprint density at radius 3 is 2.50 bits per heavy atom. The van der Waals surface area contributed by atoms with Crippen LogP contribution in [0.2, 0.25) is 0 Å². The van der Waals surface area contributed by atoms with Gasteiger partial charge in [-0.3, -0.25) is 9.59 Å². The monoisotopic (exact) mass is 448 g/mol. The minimum Gasteiger partial charge on any atom is -0.458 e. The van der Waals surface area contributed by atoms with Crippen molar-refractivity contribution < 1.29 is 33.6 Å². The lowest BCUT2D eigenvalue weighted by molar-refractivity contribution is -0.254. The molecular weight excluding hydrogens is 412 g/mol. The summed E-state index contributed by atoms with van der Waals surface area (Å²) in [5.74, 6) is -0.910. The third-order valence-electron chi connectivity index (χ3n) is 7.93. The number of carbonyl (C=O) groups is 2. The SMILES string of the molecule is C=CC(=C)CCC1(C)C(C)CC(O)C23C(=CC(OC(C)=O)CC12)C(OC)OC3OC(C)=O. The van der Waals surface area contributed by atoms with E-state index >= 15 is 0 Å². The molecule has 0 aromatic carbocycles. The third kappa shape index (κ3) is 3.95. The maximum Gasteiger partial charge on any atom is 0.304 e. The molecule has 178 valence electrons. The van der Waals surface area contributed by atoms with E-state index in [9.17, 15) is 14.7 Å². The van der Waals surface area contributed by atoms with Gasteiger partial charge in [-0.05, 0) is 49.0 Å². The molecule has 1 spiro atoms. The van der Waals surface area contributed by atoms with E-state index < -0.39 is 36.2 Å². The summed E-state index contributed by atoms with van der Waals surface area (Å²) >= 11 is 0. The van der Waals surface area contributed by atoms with Gasteiger partial charge in [0, 0.05) is 26.5 Å². The first kappa shape index (κ1) is 24.7. The number of aliphatic hydroxyl groups is 1. The van der Waals surface area contributed by atoms with Crippen molar-refractivity contribution in [2.45, 2.75) is 78.2 Å². The predicted octanol–water partition coefficient (Wildman–Crippen LogP) is 3.67. The van der Waals surface area contributed by atoms with E-state index in [2.05, 4.69) is 27.0 Å². The van der Waals surface area contributed by atoms with Crippen molar-refractivity contribution in [2.75, 3.05) is 7.11 Å². The second kappa shape index (κ2) is 9.12. The number of esters is 2. The van der Waals surface area contributed by atoms with Crippen molar-refractivity contribution in [1.82, 2.24) is 0 Å². The third-order valence-corrected chi connectivity index (χ3v) is 7.93. The minimum atomic E-state index is -0.996. The van der Waals surface area contributed by atoms with E-state index in [0.29, 0.717) is 18.4 Å². The van der Waals surface area contributed by atoms with Gasteiger partial charge in [0.05, 0.1) is 11.5 Å². The van der Waals surface area contributed by atoms with Gasteiger partial charge in [0.1, 0.15) is 6.10 Å². The van der Waals surface area contributed by atoms with E-state index in [4.69, 9.17) is 18.9 Å². The van der Waals surface area contributed by atoms with E-state index in [0.717, 1.165) is 18.4 Å². The van der Waals surface area contributed by atoms with Crippen LogP contribution in [0.4, 0.5) is 0 Å². The zero-order chi connectivity index (χ0) is 23.8. The van der Waals surface area contributed by atoms with Crippen LogP contribution >= 0.6 is 0 Å². The largest absolute Gasteiger partial charge is 0.458 e. The Balaban J connectivity index is 2.17. The van der Waals surface area contributed by atoms with Crippen LogP contribution in [-0.2, 0) is 28.5 Å². The van der Waals surface area contributed by atoms with Gasteiger partial charge in [0.2, 0.25) is 6.29 Å². The van der Waals surface area contributed by atoms with E-state index in [1.165, 1.54) is 21.0 Å². The molecule has 0 radical (unpaired) electrons. The number of hydrogen-bond acceptors (Lipinski definition) is 7. The lowest BCUT2D eigenvalue weighted by Crippen LogP contribution is -2.63. The van der Waals surface area contributed by atoms with Gasteiger partial charge in [-0.25, -0.2) is 0 Å². The molecule has 0 aromatic rings. The molecule has 3 rings (SSSR count). The molecule has 1 heterocycles. The molecule has 1 saturated carbocycles. The molecule has 0 aromatic heterocycles. The Morgan fingerprint density at radius 2 is 1.94 bits per heavy atom. The summed E-state index contributed by atoms with van der Waals surface area (Å²) in [4.78, 5) is 23.8.